The normalized spacial score (nSPS) is 16.3. The molecular weight excluding hydrogens is 228 g/mol. The van der Waals surface area contributed by atoms with Gasteiger partial charge in [0.1, 0.15) is 5.75 Å². The first kappa shape index (κ1) is 11.3. The lowest BCUT2D eigenvalue weighted by molar-refractivity contribution is 0.411. The zero-order chi connectivity index (χ0) is 12.5. The predicted octanol–water partition coefficient (Wildman–Crippen LogP) is 3.41. The molecule has 0 bridgehead atoms. The standard InChI is InChI=1S/C14H16N2O2/c1-9-6-7-11(12(17)8-9)14-15-13(16-18-14)10-4-2-3-5-10/h6-8,10,17H,2-5H2,1H3. The van der Waals surface area contributed by atoms with Gasteiger partial charge in [-0.1, -0.05) is 24.1 Å². The zero-order valence-corrected chi connectivity index (χ0v) is 10.4. The fourth-order valence-electron chi connectivity index (χ4n) is 2.52. The van der Waals surface area contributed by atoms with E-state index in [9.17, 15) is 5.11 Å². The molecule has 1 heterocycles. The fourth-order valence-corrected chi connectivity index (χ4v) is 2.52. The number of aromatic nitrogens is 2. The van der Waals surface area contributed by atoms with Crippen LogP contribution in [0.25, 0.3) is 11.5 Å². The minimum Gasteiger partial charge on any atom is -0.507 e. The van der Waals surface area contributed by atoms with Gasteiger partial charge >= 0.3 is 0 Å². The number of hydrogen-bond acceptors (Lipinski definition) is 4. The van der Waals surface area contributed by atoms with Crippen LogP contribution in [0, 0.1) is 6.92 Å². The molecule has 0 atom stereocenters. The quantitative estimate of drug-likeness (QED) is 0.879. The van der Waals surface area contributed by atoms with Crippen LogP contribution in [0.15, 0.2) is 22.7 Å². The number of phenolic OH excluding ortho intramolecular Hbond substituents is 1. The molecule has 0 radical (unpaired) electrons. The van der Waals surface area contributed by atoms with Crippen molar-refractivity contribution in [2.75, 3.05) is 0 Å². The molecule has 0 amide bonds. The molecule has 18 heavy (non-hydrogen) atoms. The largest absolute Gasteiger partial charge is 0.507 e. The van der Waals surface area contributed by atoms with E-state index in [4.69, 9.17) is 4.52 Å². The maximum absolute atomic E-state index is 9.89. The second-order valence-corrected chi connectivity index (χ2v) is 4.96. The third kappa shape index (κ3) is 1.98. The van der Waals surface area contributed by atoms with E-state index in [2.05, 4.69) is 10.1 Å². The van der Waals surface area contributed by atoms with Crippen molar-refractivity contribution in [3.63, 3.8) is 0 Å². The summed E-state index contributed by atoms with van der Waals surface area (Å²) in [6.07, 6.45) is 4.76. The Labute approximate surface area is 106 Å². The van der Waals surface area contributed by atoms with Crippen LogP contribution < -0.4 is 0 Å². The summed E-state index contributed by atoms with van der Waals surface area (Å²) >= 11 is 0. The van der Waals surface area contributed by atoms with Crippen molar-refractivity contribution >= 4 is 0 Å². The summed E-state index contributed by atoms with van der Waals surface area (Å²) in [5.74, 6) is 1.81. The number of phenols is 1. The molecule has 0 spiro atoms. The molecule has 1 aromatic heterocycles. The molecule has 1 fully saturated rings. The van der Waals surface area contributed by atoms with Crippen molar-refractivity contribution in [3.8, 4) is 17.2 Å². The second-order valence-electron chi connectivity index (χ2n) is 4.96. The van der Waals surface area contributed by atoms with Crippen molar-refractivity contribution in [2.24, 2.45) is 0 Å². The maximum atomic E-state index is 9.89. The van der Waals surface area contributed by atoms with Gasteiger partial charge in [-0.05, 0) is 37.5 Å². The van der Waals surface area contributed by atoms with Gasteiger partial charge in [-0.15, -0.1) is 0 Å². The third-order valence-corrected chi connectivity index (χ3v) is 3.55. The van der Waals surface area contributed by atoms with Gasteiger partial charge < -0.3 is 9.63 Å². The van der Waals surface area contributed by atoms with Crippen LogP contribution in [-0.2, 0) is 0 Å². The average Bonchev–Trinajstić information content (AvgIpc) is 2.99. The highest BCUT2D eigenvalue weighted by atomic mass is 16.5. The zero-order valence-electron chi connectivity index (χ0n) is 10.4. The van der Waals surface area contributed by atoms with Crippen LogP contribution >= 0.6 is 0 Å². The lowest BCUT2D eigenvalue weighted by Crippen LogP contribution is -1.94. The molecule has 4 heteroatoms. The highest BCUT2D eigenvalue weighted by Gasteiger charge is 2.23. The van der Waals surface area contributed by atoms with Crippen molar-refractivity contribution in [2.45, 2.75) is 38.5 Å². The molecule has 0 unspecified atom stereocenters. The Morgan fingerprint density at radius 1 is 1.28 bits per heavy atom. The number of rotatable bonds is 2. The van der Waals surface area contributed by atoms with E-state index >= 15 is 0 Å². The lowest BCUT2D eigenvalue weighted by atomic mass is 10.1. The Morgan fingerprint density at radius 2 is 2.06 bits per heavy atom. The Kier molecular flexibility index (Phi) is 2.78. The molecule has 1 aromatic carbocycles. The predicted molar refractivity (Wildman–Crippen MR) is 67.3 cm³/mol. The minimum absolute atomic E-state index is 0.191. The van der Waals surface area contributed by atoms with Crippen LogP contribution in [0.1, 0.15) is 43.0 Å². The molecule has 1 saturated carbocycles. The molecule has 0 saturated heterocycles. The monoisotopic (exact) mass is 244 g/mol. The van der Waals surface area contributed by atoms with Crippen LogP contribution in [-0.4, -0.2) is 15.2 Å². The summed E-state index contributed by atoms with van der Waals surface area (Å²) in [6, 6.07) is 5.44. The highest BCUT2D eigenvalue weighted by Crippen LogP contribution is 2.34. The van der Waals surface area contributed by atoms with Gasteiger partial charge in [-0.2, -0.15) is 4.98 Å². The summed E-state index contributed by atoms with van der Waals surface area (Å²) in [5, 5.41) is 13.9. The number of aromatic hydroxyl groups is 1. The third-order valence-electron chi connectivity index (χ3n) is 3.55. The van der Waals surface area contributed by atoms with Crippen LogP contribution in [0.3, 0.4) is 0 Å². The van der Waals surface area contributed by atoms with Gasteiger partial charge in [0, 0.05) is 5.92 Å². The Bertz CT molecular complexity index is 557. The molecule has 94 valence electrons. The summed E-state index contributed by atoms with van der Waals surface area (Å²) in [5.41, 5.74) is 1.61. The van der Waals surface area contributed by atoms with E-state index in [0.717, 1.165) is 24.2 Å². The average molecular weight is 244 g/mol. The van der Waals surface area contributed by atoms with Gasteiger partial charge in [0.05, 0.1) is 5.56 Å². The summed E-state index contributed by atoms with van der Waals surface area (Å²) in [7, 11) is 0. The molecule has 2 aromatic rings. The van der Waals surface area contributed by atoms with E-state index in [1.54, 1.807) is 6.07 Å². The Morgan fingerprint density at radius 3 is 2.78 bits per heavy atom. The smallest absolute Gasteiger partial charge is 0.261 e. The molecular formula is C14H16N2O2. The summed E-state index contributed by atoms with van der Waals surface area (Å²) < 4.78 is 5.26. The first-order chi connectivity index (χ1) is 8.74. The number of nitrogens with zero attached hydrogens (tertiary/aromatic N) is 2. The van der Waals surface area contributed by atoms with E-state index in [-0.39, 0.29) is 5.75 Å². The molecule has 3 rings (SSSR count). The van der Waals surface area contributed by atoms with Gasteiger partial charge in [-0.25, -0.2) is 0 Å². The highest BCUT2D eigenvalue weighted by molar-refractivity contribution is 5.62. The van der Waals surface area contributed by atoms with Crippen LogP contribution in [0.2, 0.25) is 0 Å². The molecule has 0 aliphatic heterocycles. The van der Waals surface area contributed by atoms with Crippen molar-refractivity contribution < 1.29 is 9.63 Å². The van der Waals surface area contributed by atoms with Crippen molar-refractivity contribution in [1.29, 1.82) is 0 Å². The fraction of sp³-hybridized carbons (Fsp3) is 0.429. The van der Waals surface area contributed by atoms with E-state index in [1.807, 2.05) is 19.1 Å². The molecule has 1 aliphatic rings. The van der Waals surface area contributed by atoms with Crippen molar-refractivity contribution in [3.05, 3.63) is 29.6 Å². The van der Waals surface area contributed by atoms with E-state index in [0.29, 0.717) is 17.4 Å². The van der Waals surface area contributed by atoms with Gasteiger partial charge in [0.15, 0.2) is 5.82 Å². The van der Waals surface area contributed by atoms with Crippen LogP contribution in [0.5, 0.6) is 5.75 Å². The van der Waals surface area contributed by atoms with Gasteiger partial charge in [0.25, 0.3) is 5.89 Å². The van der Waals surface area contributed by atoms with E-state index in [1.165, 1.54) is 12.8 Å². The molecule has 4 nitrogen and oxygen atoms in total. The number of aryl methyl sites for hydroxylation is 1. The van der Waals surface area contributed by atoms with Crippen molar-refractivity contribution in [1.82, 2.24) is 10.1 Å². The first-order valence-electron chi connectivity index (χ1n) is 6.37. The second kappa shape index (κ2) is 4.44. The maximum Gasteiger partial charge on any atom is 0.261 e. The van der Waals surface area contributed by atoms with Gasteiger partial charge in [0.2, 0.25) is 0 Å². The summed E-state index contributed by atoms with van der Waals surface area (Å²) in [6.45, 7) is 1.93. The Balaban J connectivity index is 1.92. The SMILES string of the molecule is Cc1ccc(-c2nc(C3CCCC3)no2)c(O)c1. The van der Waals surface area contributed by atoms with Crippen LogP contribution in [0.4, 0.5) is 0 Å². The number of hydrogen-bond donors (Lipinski definition) is 1. The van der Waals surface area contributed by atoms with Gasteiger partial charge in [-0.3, -0.25) is 0 Å². The summed E-state index contributed by atoms with van der Waals surface area (Å²) in [4.78, 5) is 4.42. The Hall–Kier alpha value is -1.84. The lowest BCUT2D eigenvalue weighted by Gasteiger charge is -2.01. The first-order valence-corrected chi connectivity index (χ1v) is 6.37. The molecule has 1 aliphatic carbocycles. The van der Waals surface area contributed by atoms with E-state index < -0.39 is 0 Å². The minimum atomic E-state index is 0.191. The topological polar surface area (TPSA) is 59.2 Å². The number of benzene rings is 1. The molecule has 1 N–H and O–H groups in total.